The van der Waals surface area contributed by atoms with Gasteiger partial charge in [0.05, 0.1) is 22.2 Å². The molecule has 2 N–H and O–H groups in total. The molecule has 8 nitrogen and oxygen atoms in total. The van der Waals surface area contributed by atoms with E-state index in [1.165, 1.54) is 36.9 Å². The molecule has 2 aromatic rings. The van der Waals surface area contributed by atoms with Crippen LogP contribution in [-0.4, -0.2) is 19.8 Å². The van der Waals surface area contributed by atoms with E-state index in [0.717, 1.165) is 0 Å². The van der Waals surface area contributed by atoms with Gasteiger partial charge in [-0.3, -0.25) is 20.2 Å². The number of hydrogen-bond acceptors (Lipinski definition) is 4. The van der Waals surface area contributed by atoms with Crippen LogP contribution < -0.4 is 0 Å². The first-order valence-corrected chi connectivity index (χ1v) is 4.15. The van der Waals surface area contributed by atoms with Gasteiger partial charge in [0.15, 0.2) is 0 Å². The highest BCUT2D eigenvalue weighted by molar-refractivity contribution is 5.24. The molecule has 2 heterocycles. The lowest BCUT2D eigenvalue weighted by Gasteiger charge is -1.77. The van der Waals surface area contributed by atoms with Gasteiger partial charge in [-0.25, -0.2) is 0 Å². The maximum atomic E-state index is 9.85. The van der Waals surface area contributed by atoms with E-state index in [4.69, 9.17) is 0 Å². The molecule has 0 unspecified atom stereocenters. The smallest absolute Gasteiger partial charge is 0.286 e. The molecule has 2 rings (SSSR count). The van der Waals surface area contributed by atoms with Crippen molar-refractivity contribution in [2.75, 3.05) is 0 Å². The van der Waals surface area contributed by atoms with Crippen molar-refractivity contribution in [2.45, 2.75) is 0 Å². The Balaban J connectivity index is 0.000000160. The fourth-order valence-electron chi connectivity index (χ4n) is 0.857. The average Bonchev–Trinajstić information content (AvgIpc) is 2.93. The van der Waals surface area contributed by atoms with Crippen molar-refractivity contribution >= 4 is 11.4 Å². The second-order valence-corrected chi connectivity index (χ2v) is 2.65. The van der Waals surface area contributed by atoms with Gasteiger partial charge in [0.25, 0.3) is 11.4 Å². The molecule has 0 saturated heterocycles. The molecule has 0 bridgehead atoms. The summed E-state index contributed by atoms with van der Waals surface area (Å²) in [7, 11) is 0. The van der Waals surface area contributed by atoms with Gasteiger partial charge in [-0.2, -0.15) is 0 Å². The SMILES string of the molecule is O=[N+]([O-])c1cc[nH]c1.O=[N+]([O-])c1cc[nH]c1. The van der Waals surface area contributed by atoms with Crippen LogP contribution in [0.2, 0.25) is 0 Å². The minimum atomic E-state index is -0.448. The molecule has 2 aromatic heterocycles. The Hall–Kier alpha value is -2.64. The normalized spacial score (nSPS) is 9.00. The maximum Gasteiger partial charge on any atom is 0.286 e. The van der Waals surface area contributed by atoms with E-state index in [1.54, 1.807) is 0 Å². The first-order valence-electron chi connectivity index (χ1n) is 4.15. The van der Waals surface area contributed by atoms with Gasteiger partial charge in [0.1, 0.15) is 0 Å². The van der Waals surface area contributed by atoms with Gasteiger partial charge in [-0.05, 0) is 0 Å². The van der Waals surface area contributed by atoms with Crippen LogP contribution in [0, 0.1) is 20.2 Å². The third-order valence-electron chi connectivity index (χ3n) is 1.58. The topological polar surface area (TPSA) is 118 Å². The lowest BCUT2D eigenvalue weighted by atomic mass is 10.6. The zero-order chi connectivity index (χ0) is 12.0. The summed E-state index contributed by atoms with van der Waals surface area (Å²) in [5.74, 6) is 0. The molecular formula is C8H8N4O4. The Labute approximate surface area is 89.2 Å². The number of H-pyrrole nitrogens is 2. The lowest BCUT2D eigenvalue weighted by Crippen LogP contribution is -1.82. The van der Waals surface area contributed by atoms with E-state index in [1.807, 2.05) is 0 Å². The van der Waals surface area contributed by atoms with Crippen LogP contribution in [0.15, 0.2) is 36.9 Å². The number of rotatable bonds is 2. The molecule has 8 heteroatoms. The maximum absolute atomic E-state index is 9.85. The van der Waals surface area contributed by atoms with Crippen LogP contribution in [0.1, 0.15) is 0 Å². The zero-order valence-corrected chi connectivity index (χ0v) is 7.99. The largest absolute Gasteiger partial charge is 0.362 e. The molecule has 0 amide bonds. The lowest BCUT2D eigenvalue weighted by molar-refractivity contribution is -0.384. The molecule has 84 valence electrons. The summed E-state index contributed by atoms with van der Waals surface area (Å²) in [5.41, 5.74) is 0.204. The van der Waals surface area contributed by atoms with Gasteiger partial charge >= 0.3 is 0 Å². The minimum Gasteiger partial charge on any atom is -0.362 e. The third kappa shape index (κ3) is 3.25. The molecular weight excluding hydrogens is 216 g/mol. The van der Waals surface area contributed by atoms with Crippen molar-refractivity contribution in [2.24, 2.45) is 0 Å². The van der Waals surface area contributed by atoms with Crippen LogP contribution in [0.25, 0.3) is 0 Å². The van der Waals surface area contributed by atoms with Crippen molar-refractivity contribution in [3.8, 4) is 0 Å². The van der Waals surface area contributed by atoms with Gasteiger partial charge in [-0.15, -0.1) is 0 Å². The minimum absolute atomic E-state index is 0.102. The van der Waals surface area contributed by atoms with Gasteiger partial charge in [-0.1, -0.05) is 0 Å². The molecule has 0 aliphatic rings. The van der Waals surface area contributed by atoms with Crippen molar-refractivity contribution in [3.05, 3.63) is 57.1 Å². The van der Waals surface area contributed by atoms with Crippen molar-refractivity contribution in [1.82, 2.24) is 9.97 Å². The summed E-state index contributed by atoms with van der Waals surface area (Å²) >= 11 is 0. The van der Waals surface area contributed by atoms with E-state index in [0.29, 0.717) is 0 Å². The Kier molecular flexibility index (Phi) is 3.78. The molecule has 0 aromatic carbocycles. The zero-order valence-electron chi connectivity index (χ0n) is 7.99. The molecule has 0 aliphatic carbocycles. The predicted molar refractivity (Wildman–Crippen MR) is 54.9 cm³/mol. The van der Waals surface area contributed by atoms with Crippen LogP contribution in [0.4, 0.5) is 11.4 Å². The Morgan fingerprint density at radius 1 is 0.875 bits per heavy atom. The highest BCUT2D eigenvalue weighted by Gasteiger charge is 2.01. The average molecular weight is 224 g/mol. The standard InChI is InChI=1S/2C4H4N2O2/c2*7-6(8)4-1-2-5-3-4/h2*1-3,5H. The molecule has 0 fully saturated rings. The van der Waals surface area contributed by atoms with Gasteiger partial charge in [0.2, 0.25) is 0 Å². The first-order chi connectivity index (χ1) is 7.61. The highest BCUT2D eigenvalue weighted by Crippen LogP contribution is 2.06. The number of aromatic amines is 2. The van der Waals surface area contributed by atoms with Crippen molar-refractivity contribution in [1.29, 1.82) is 0 Å². The van der Waals surface area contributed by atoms with Crippen LogP contribution in [-0.2, 0) is 0 Å². The molecule has 0 atom stereocenters. The predicted octanol–water partition coefficient (Wildman–Crippen LogP) is 1.85. The Bertz CT molecular complexity index is 404. The molecule has 0 radical (unpaired) electrons. The highest BCUT2D eigenvalue weighted by atomic mass is 16.6. The van der Waals surface area contributed by atoms with Crippen molar-refractivity contribution < 1.29 is 9.85 Å². The van der Waals surface area contributed by atoms with Crippen LogP contribution in [0.5, 0.6) is 0 Å². The third-order valence-corrected chi connectivity index (χ3v) is 1.58. The van der Waals surface area contributed by atoms with E-state index in [-0.39, 0.29) is 11.4 Å². The summed E-state index contributed by atoms with van der Waals surface area (Å²) in [6, 6.07) is 2.81. The summed E-state index contributed by atoms with van der Waals surface area (Å²) < 4.78 is 0. The van der Waals surface area contributed by atoms with E-state index >= 15 is 0 Å². The fraction of sp³-hybridized carbons (Fsp3) is 0. The summed E-state index contributed by atoms with van der Waals surface area (Å²) in [5, 5.41) is 19.7. The van der Waals surface area contributed by atoms with Gasteiger partial charge in [0, 0.05) is 24.5 Å². The first kappa shape index (κ1) is 11.4. The van der Waals surface area contributed by atoms with E-state index < -0.39 is 9.85 Å². The Morgan fingerprint density at radius 2 is 1.25 bits per heavy atom. The van der Waals surface area contributed by atoms with Crippen LogP contribution >= 0.6 is 0 Å². The number of nitrogens with one attached hydrogen (secondary N) is 2. The number of aromatic nitrogens is 2. The quantitative estimate of drug-likeness (QED) is 0.597. The molecule has 16 heavy (non-hydrogen) atoms. The Morgan fingerprint density at radius 3 is 1.38 bits per heavy atom. The van der Waals surface area contributed by atoms with Gasteiger partial charge < -0.3 is 9.97 Å². The second kappa shape index (κ2) is 5.29. The molecule has 0 spiro atoms. The van der Waals surface area contributed by atoms with E-state index in [2.05, 4.69) is 9.97 Å². The van der Waals surface area contributed by atoms with E-state index in [9.17, 15) is 20.2 Å². The monoisotopic (exact) mass is 224 g/mol. The van der Waals surface area contributed by atoms with Crippen LogP contribution in [0.3, 0.4) is 0 Å². The molecule has 0 saturated carbocycles. The number of nitrogens with zero attached hydrogens (tertiary/aromatic N) is 2. The number of nitro groups is 2. The number of hydrogen-bond donors (Lipinski definition) is 2. The summed E-state index contributed by atoms with van der Waals surface area (Å²) in [4.78, 5) is 23.9. The fourth-order valence-corrected chi connectivity index (χ4v) is 0.857. The second-order valence-electron chi connectivity index (χ2n) is 2.65. The summed E-state index contributed by atoms with van der Waals surface area (Å²) in [6.45, 7) is 0. The summed E-state index contributed by atoms with van der Waals surface area (Å²) in [6.07, 6.45) is 5.69. The molecule has 0 aliphatic heterocycles. The van der Waals surface area contributed by atoms with Crippen molar-refractivity contribution in [3.63, 3.8) is 0 Å².